The van der Waals surface area contributed by atoms with E-state index in [9.17, 15) is 31.1 Å². The predicted molar refractivity (Wildman–Crippen MR) is 179 cm³/mol. The number of carbonyl (C=O) groups is 1. The van der Waals surface area contributed by atoms with Crippen molar-refractivity contribution in [3.63, 3.8) is 0 Å². The number of likely N-dealkylation sites (N-methyl/N-ethyl adjacent to an activating group) is 1. The fraction of sp³-hybridized carbons (Fsp3) is 0.344. The van der Waals surface area contributed by atoms with Gasteiger partial charge in [0.15, 0.2) is 5.66 Å². The van der Waals surface area contributed by atoms with Crippen LogP contribution in [0.4, 0.5) is 60.7 Å². The fourth-order valence-corrected chi connectivity index (χ4v) is 5.51. The van der Waals surface area contributed by atoms with Crippen molar-refractivity contribution in [2.24, 2.45) is 14.1 Å². The van der Waals surface area contributed by atoms with Crippen molar-refractivity contribution in [3.8, 4) is 0 Å². The van der Waals surface area contributed by atoms with Gasteiger partial charge in [0.2, 0.25) is 5.79 Å². The van der Waals surface area contributed by atoms with E-state index < -0.39 is 57.8 Å². The second-order valence-electron chi connectivity index (χ2n) is 11.7. The molecule has 0 aromatic carbocycles. The molecular formula is C32H35F6N11O3. The molecule has 52 heavy (non-hydrogen) atoms. The molecular weight excluding hydrogens is 700 g/mol. The van der Waals surface area contributed by atoms with Gasteiger partial charge < -0.3 is 36.1 Å². The maximum atomic E-state index is 14.6. The number of anilines is 6. The zero-order valence-corrected chi connectivity index (χ0v) is 28.9. The lowest BCUT2D eigenvalue weighted by atomic mass is 9.88. The third kappa shape index (κ3) is 7.66. The lowest BCUT2D eigenvalue weighted by Gasteiger charge is -2.42. The van der Waals surface area contributed by atoms with Gasteiger partial charge in [0.25, 0.3) is 5.91 Å². The highest BCUT2D eigenvalue weighted by atomic mass is 19.4. The summed E-state index contributed by atoms with van der Waals surface area (Å²) in [4.78, 5) is 21.5. The number of pyridine rings is 2. The Kier molecular flexibility index (Phi) is 10.0. The first kappa shape index (κ1) is 37.6. The van der Waals surface area contributed by atoms with Crippen LogP contribution in [0.25, 0.3) is 0 Å². The Labute approximate surface area is 293 Å². The Hall–Kier alpha value is -5.63. The molecule has 1 aliphatic carbocycles. The van der Waals surface area contributed by atoms with Gasteiger partial charge in [0, 0.05) is 72.3 Å². The Morgan fingerprint density at radius 2 is 1.19 bits per heavy atom. The van der Waals surface area contributed by atoms with Gasteiger partial charge in [-0.1, -0.05) is 0 Å². The Bertz CT molecular complexity index is 1920. The van der Waals surface area contributed by atoms with Crippen molar-refractivity contribution in [1.29, 1.82) is 0 Å². The van der Waals surface area contributed by atoms with Crippen LogP contribution in [0, 0.1) is 13.8 Å². The number of halogens is 6. The summed E-state index contributed by atoms with van der Waals surface area (Å²) >= 11 is 0. The van der Waals surface area contributed by atoms with E-state index >= 15 is 0 Å². The molecule has 0 spiro atoms. The van der Waals surface area contributed by atoms with Crippen molar-refractivity contribution in [2.45, 2.75) is 37.7 Å². The number of rotatable bonds is 11. The number of alkyl halides is 6. The number of carbonyl (C=O) groups excluding carboxylic acids is 1. The fourth-order valence-electron chi connectivity index (χ4n) is 5.51. The number of aromatic nitrogens is 6. The van der Waals surface area contributed by atoms with E-state index in [0.29, 0.717) is 35.2 Å². The van der Waals surface area contributed by atoms with Crippen molar-refractivity contribution in [2.75, 3.05) is 42.5 Å². The van der Waals surface area contributed by atoms with Crippen molar-refractivity contribution >= 4 is 40.3 Å². The first-order valence-corrected chi connectivity index (χ1v) is 15.3. The van der Waals surface area contributed by atoms with E-state index in [1.807, 2.05) is 0 Å². The lowest BCUT2D eigenvalue weighted by molar-refractivity contribution is -0.137. The van der Waals surface area contributed by atoms with Gasteiger partial charge in [-0.25, -0.2) is 9.97 Å². The van der Waals surface area contributed by atoms with Crippen LogP contribution in [-0.2, 0) is 40.7 Å². The van der Waals surface area contributed by atoms with Crippen LogP contribution >= 0.6 is 0 Å². The van der Waals surface area contributed by atoms with Gasteiger partial charge in [0.1, 0.15) is 11.6 Å². The first-order chi connectivity index (χ1) is 24.3. The summed E-state index contributed by atoms with van der Waals surface area (Å²) in [5.74, 6) is -2.79. The average Bonchev–Trinajstić information content (AvgIpc) is 3.56. The van der Waals surface area contributed by atoms with Crippen LogP contribution < -0.4 is 26.6 Å². The zero-order chi connectivity index (χ0) is 38.2. The van der Waals surface area contributed by atoms with Gasteiger partial charge in [-0.15, -0.1) is 0 Å². The summed E-state index contributed by atoms with van der Waals surface area (Å²) < 4.78 is 101. The van der Waals surface area contributed by atoms with Gasteiger partial charge >= 0.3 is 12.4 Å². The van der Waals surface area contributed by atoms with Crippen LogP contribution in [0.15, 0.2) is 60.7 Å². The number of nitrogens with zero attached hydrogens (tertiary/aromatic N) is 6. The molecule has 5 N–H and O–H groups in total. The molecule has 14 nitrogen and oxygen atoms in total. The standard InChI is InChI=1S/C32H35F6N11O3/c1-17-24(15-48(4)46-17)42-26-10-22(20(13-40-26)31(33,34)35)44-30(9-8-29(51-6,52-7)12-19(30)28(50)39-3)45-23-11-27(41-14-21(23)32(36,37)38)43-25-16-49(5)47-18(25)2/h8-16H,1-7H3,(H,39,50)(H2,40,42,44)(H2,41,43,45). The molecule has 0 unspecified atom stereocenters. The summed E-state index contributed by atoms with van der Waals surface area (Å²) in [5.41, 5.74) is -4.77. The van der Waals surface area contributed by atoms with E-state index in [-0.39, 0.29) is 11.6 Å². The highest BCUT2D eigenvalue weighted by molar-refractivity contribution is 5.99. The highest BCUT2D eigenvalue weighted by Gasteiger charge is 2.47. The second kappa shape index (κ2) is 13.8. The molecule has 0 fully saturated rings. The lowest BCUT2D eigenvalue weighted by Crippen LogP contribution is -2.54. The van der Waals surface area contributed by atoms with E-state index in [1.54, 1.807) is 40.3 Å². The normalized spacial score (nSPS) is 15.2. The smallest absolute Gasteiger partial charge is 0.355 e. The maximum absolute atomic E-state index is 14.6. The summed E-state index contributed by atoms with van der Waals surface area (Å²) in [6.07, 6.45) is -2.24. The zero-order valence-electron chi connectivity index (χ0n) is 28.9. The Morgan fingerprint density at radius 1 is 0.750 bits per heavy atom. The number of amides is 1. The molecule has 278 valence electrons. The van der Waals surface area contributed by atoms with E-state index in [4.69, 9.17) is 9.47 Å². The average molecular weight is 736 g/mol. The number of ether oxygens (including phenoxy) is 2. The number of nitrogens with one attached hydrogen (secondary N) is 5. The van der Waals surface area contributed by atoms with Gasteiger partial charge in [-0.05, 0) is 32.1 Å². The third-order valence-electron chi connectivity index (χ3n) is 8.08. The monoisotopic (exact) mass is 735 g/mol. The Balaban J connectivity index is 1.73. The summed E-state index contributed by atoms with van der Waals surface area (Å²) in [6, 6.07) is 2.02. The highest BCUT2D eigenvalue weighted by Crippen LogP contribution is 2.43. The molecule has 1 aliphatic rings. The van der Waals surface area contributed by atoms with E-state index in [1.165, 1.54) is 36.7 Å². The van der Waals surface area contributed by atoms with Crippen LogP contribution in [-0.4, -0.2) is 68.2 Å². The van der Waals surface area contributed by atoms with Gasteiger partial charge in [-0.3, -0.25) is 14.2 Å². The van der Waals surface area contributed by atoms with E-state index in [2.05, 4.69) is 46.7 Å². The molecule has 4 aromatic heterocycles. The molecule has 0 saturated carbocycles. The van der Waals surface area contributed by atoms with Crippen LogP contribution in [0.2, 0.25) is 0 Å². The first-order valence-electron chi connectivity index (χ1n) is 15.3. The summed E-state index contributed by atoms with van der Waals surface area (Å²) in [7, 11) is 7.02. The third-order valence-corrected chi connectivity index (χ3v) is 8.08. The number of hydrogen-bond acceptors (Lipinski definition) is 11. The minimum Gasteiger partial charge on any atom is -0.355 e. The van der Waals surface area contributed by atoms with Crippen LogP contribution in [0.5, 0.6) is 0 Å². The molecule has 0 aliphatic heterocycles. The molecule has 4 aromatic rings. The number of methoxy groups -OCH3 is 2. The molecule has 0 bridgehead atoms. The van der Waals surface area contributed by atoms with Gasteiger partial charge in [-0.2, -0.15) is 36.5 Å². The second-order valence-corrected chi connectivity index (χ2v) is 11.7. The van der Waals surface area contributed by atoms with Crippen LogP contribution in [0.3, 0.4) is 0 Å². The van der Waals surface area contributed by atoms with Crippen molar-refractivity contribution < 1.29 is 40.6 Å². The number of hydrogen-bond donors (Lipinski definition) is 5. The Morgan fingerprint density at radius 3 is 1.54 bits per heavy atom. The minimum absolute atomic E-state index is 0.0756. The summed E-state index contributed by atoms with van der Waals surface area (Å²) in [6.45, 7) is 3.34. The van der Waals surface area contributed by atoms with Crippen LogP contribution in [0.1, 0.15) is 22.5 Å². The molecule has 0 saturated heterocycles. The number of aryl methyl sites for hydroxylation is 4. The van der Waals surface area contributed by atoms with Crippen molar-refractivity contribution in [1.82, 2.24) is 34.8 Å². The quantitative estimate of drug-likeness (QED) is 0.0749. The largest absolute Gasteiger partial charge is 0.419 e. The predicted octanol–water partition coefficient (Wildman–Crippen LogP) is 5.54. The van der Waals surface area contributed by atoms with E-state index in [0.717, 1.165) is 24.3 Å². The summed E-state index contributed by atoms with van der Waals surface area (Å²) in [5, 5.41) is 22.0. The molecule has 0 atom stereocenters. The molecule has 20 heteroatoms. The molecule has 1 amide bonds. The van der Waals surface area contributed by atoms with Gasteiger partial charge in [0.05, 0.1) is 50.8 Å². The topological polar surface area (TPSA) is 157 Å². The minimum atomic E-state index is -5.01. The maximum Gasteiger partial charge on any atom is 0.419 e. The molecule has 0 radical (unpaired) electrons. The van der Waals surface area contributed by atoms with Crippen molar-refractivity contribution in [3.05, 3.63) is 83.2 Å². The molecule has 5 rings (SSSR count). The SMILES string of the molecule is CNC(=O)C1=CC(OC)(OC)C=CC1(Nc1cc(Nc2cn(C)nc2C)ncc1C(F)(F)F)Nc1cc(Nc2cn(C)nc2C)ncc1C(F)(F)F. The molecule has 4 heterocycles.